The van der Waals surface area contributed by atoms with E-state index in [1.807, 2.05) is 12.1 Å². The molecule has 2 heterocycles. The molecule has 0 aliphatic carbocycles. The van der Waals surface area contributed by atoms with Crippen molar-refractivity contribution in [3.63, 3.8) is 0 Å². The van der Waals surface area contributed by atoms with Crippen LogP contribution in [0.3, 0.4) is 0 Å². The molecule has 0 N–H and O–H groups in total. The SMILES string of the molecule is CCc1cn2c(n1)O[C@H](COc1ccc(C(C)(C)C)cc1)C2. The van der Waals surface area contributed by atoms with Gasteiger partial charge in [0.1, 0.15) is 12.4 Å². The third-order valence-corrected chi connectivity index (χ3v) is 3.98. The van der Waals surface area contributed by atoms with Gasteiger partial charge in [0, 0.05) is 6.20 Å². The molecule has 1 aromatic heterocycles. The van der Waals surface area contributed by atoms with E-state index < -0.39 is 0 Å². The van der Waals surface area contributed by atoms with Crippen molar-refractivity contribution in [2.75, 3.05) is 6.61 Å². The fourth-order valence-corrected chi connectivity index (χ4v) is 2.58. The van der Waals surface area contributed by atoms with Crippen LogP contribution in [0, 0.1) is 0 Å². The van der Waals surface area contributed by atoms with Crippen LogP contribution < -0.4 is 9.47 Å². The van der Waals surface area contributed by atoms with Crippen molar-refractivity contribution >= 4 is 0 Å². The molecule has 1 atom stereocenters. The molecule has 118 valence electrons. The van der Waals surface area contributed by atoms with E-state index in [0.717, 1.165) is 24.4 Å². The van der Waals surface area contributed by atoms with Crippen LogP contribution in [0.2, 0.25) is 0 Å². The molecule has 1 aliphatic heterocycles. The summed E-state index contributed by atoms with van der Waals surface area (Å²) in [6.07, 6.45) is 3.04. The van der Waals surface area contributed by atoms with Crippen molar-refractivity contribution in [1.29, 1.82) is 0 Å². The molecule has 2 aromatic rings. The predicted octanol–water partition coefficient (Wildman–Crippen LogP) is 3.58. The van der Waals surface area contributed by atoms with Gasteiger partial charge in [-0.15, -0.1) is 0 Å². The number of benzene rings is 1. The summed E-state index contributed by atoms with van der Waals surface area (Å²) in [5.74, 6) is 0.885. The summed E-state index contributed by atoms with van der Waals surface area (Å²) in [4.78, 5) is 4.44. The highest BCUT2D eigenvalue weighted by Crippen LogP contribution is 2.25. The molecule has 3 rings (SSSR count). The number of fused-ring (bicyclic) bond motifs is 1. The van der Waals surface area contributed by atoms with E-state index in [1.165, 1.54) is 5.56 Å². The number of aryl methyl sites for hydroxylation is 1. The van der Waals surface area contributed by atoms with E-state index >= 15 is 0 Å². The van der Waals surface area contributed by atoms with E-state index in [1.54, 1.807) is 0 Å². The molecular formula is C18H24N2O2. The van der Waals surface area contributed by atoms with Gasteiger partial charge in [-0.1, -0.05) is 39.8 Å². The van der Waals surface area contributed by atoms with Gasteiger partial charge in [0.25, 0.3) is 6.01 Å². The Bertz CT molecular complexity index is 615. The number of ether oxygens (including phenoxy) is 2. The molecule has 4 heteroatoms. The molecule has 1 aromatic carbocycles. The number of hydrogen-bond donors (Lipinski definition) is 0. The van der Waals surface area contributed by atoms with Gasteiger partial charge in [0.05, 0.1) is 12.2 Å². The number of aromatic nitrogens is 2. The monoisotopic (exact) mass is 300 g/mol. The second-order valence-electron chi connectivity index (χ2n) is 6.85. The van der Waals surface area contributed by atoms with E-state index in [-0.39, 0.29) is 11.5 Å². The maximum absolute atomic E-state index is 5.85. The molecule has 0 saturated carbocycles. The molecular weight excluding hydrogens is 276 g/mol. The molecule has 0 radical (unpaired) electrons. The van der Waals surface area contributed by atoms with Gasteiger partial charge < -0.3 is 9.47 Å². The lowest BCUT2D eigenvalue weighted by Crippen LogP contribution is -2.23. The maximum Gasteiger partial charge on any atom is 0.297 e. The van der Waals surface area contributed by atoms with Crippen LogP contribution in [-0.4, -0.2) is 22.3 Å². The lowest BCUT2D eigenvalue weighted by Gasteiger charge is -2.19. The standard InChI is InChI=1S/C18H24N2O2/c1-5-14-10-20-11-16(22-17(20)19-14)12-21-15-8-6-13(7-9-15)18(2,3)4/h6-10,16H,5,11-12H2,1-4H3/t16-/m0/s1. The molecule has 0 unspecified atom stereocenters. The van der Waals surface area contributed by atoms with E-state index in [0.29, 0.717) is 12.6 Å². The molecule has 1 aliphatic rings. The van der Waals surface area contributed by atoms with Crippen LogP contribution in [0.1, 0.15) is 39.0 Å². The minimum Gasteiger partial charge on any atom is -0.490 e. The summed E-state index contributed by atoms with van der Waals surface area (Å²) in [7, 11) is 0. The largest absolute Gasteiger partial charge is 0.490 e. The van der Waals surface area contributed by atoms with Crippen LogP contribution in [0.4, 0.5) is 0 Å². The summed E-state index contributed by atoms with van der Waals surface area (Å²) in [6, 6.07) is 9.04. The van der Waals surface area contributed by atoms with Crippen molar-refractivity contribution in [2.24, 2.45) is 0 Å². The molecule has 0 saturated heterocycles. The van der Waals surface area contributed by atoms with Gasteiger partial charge >= 0.3 is 0 Å². The second-order valence-corrected chi connectivity index (χ2v) is 6.85. The third kappa shape index (κ3) is 3.11. The van der Waals surface area contributed by atoms with Gasteiger partial charge in [-0.3, -0.25) is 4.57 Å². The van der Waals surface area contributed by atoms with Crippen LogP contribution in [0.25, 0.3) is 0 Å². The van der Waals surface area contributed by atoms with Gasteiger partial charge in [0.15, 0.2) is 6.10 Å². The first-order valence-corrected chi connectivity index (χ1v) is 7.92. The first kappa shape index (κ1) is 14.9. The van der Waals surface area contributed by atoms with E-state index in [9.17, 15) is 0 Å². The first-order valence-electron chi connectivity index (χ1n) is 7.92. The highest BCUT2D eigenvalue weighted by Gasteiger charge is 2.25. The zero-order valence-corrected chi connectivity index (χ0v) is 13.8. The Labute approximate surface area is 132 Å². The lowest BCUT2D eigenvalue weighted by atomic mass is 9.87. The average Bonchev–Trinajstić information content (AvgIpc) is 3.02. The van der Waals surface area contributed by atoms with Gasteiger partial charge in [-0.2, -0.15) is 0 Å². The maximum atomic E-state index is 5.85. The minimum atomic E-state index is 0.0377. The van der Waals surface area contributed by atoms with Crippen molar-refractivity contribution in [3.05, 3.63) is 41.7 Å². The molecule has 0 amide bonds. The minimum absolute atomic E-state index is 0.0377. The summed E-state index contributed by atoms with van der Waals surface area (Å²) in [5.41, 5.74) is 2.55. The van der Waals surface area contributed by atoms with Crippen molar-refractivity contribution in [2.45, 2.75) is 52.2 Å². The highest BCUT2D eigenvalue weighted by atomic mass is 16.6. The summed E-state index contributed by atoms with van der Waals surface area (Å²) in [5, 5.41) is 0. The lowest BCUT2D eigenvalue weighted by molar-refractivity contribution is 0.143. The quantitative estimate of drug-likeness (QED) is 0.866. The number of hydrogen-bond acceptors (Lipinski definition) is 3. The molecule has 0 spiro atoms. The van der Waals surface area contributed by atoms with Crippen LogP contribution in [0.5, 0.6) is 11.8 Å². The Morgan fingerprint density at radius 2 is 2.00 bits per heavy atom. The predicted molar refractivity (Wildman–Crippen MR) is 86.7 cm³/mol. The molecule has 22 heavy (non-hydrogen) atoms. The first-order chi connectivity index (χ1) is 10.5. The fraction of sp³-hybridized carbons (Fsp3) is 0.500. The van der Waals surface area contributed by atoms with Gasteiger partial charge in [-0.05, 0) is 29.5 Å². The van der Waals surface area contributed by atoms with Crippen LogP contribution in [0.15, 0.2) is 30.5 Å². The Balaban J connectivity index is 1.54. The summed E-state index contributed by atoms with van der Waals surface area (Å²) < 4.78 is 13.7. The summed E-state index contributed by atoms with van der Waals surface area (Å²) in [6.45, 7) is 10.1. The number of imidazole rings is 1. The van der Waals surface area contributed by atoms with E-state index in [2.05, 4.69) is 55.6 Å². The highest BCUT2D eigenvalue weighted by molar-refractivity contribution is 5.31. The zero-order valence-electron chi connectivity index (χ0n) is 13.8. The molecule has 0 fully saturated rings. The van der Waals surface area contributed by atoms with Crippen molar-refractivity contribution in [1.82, 2.24) is 9.55 Å². The fourth-order valence-electron chi connectivity index (χ4n) is 2.58. The van der Waals surface area contributed by atoms with Crippen LogP contribution >= 0.6 is 0 Å². The summed E-state index contributed by atoms with van der Waals surface area (Å²) >= 11 is 0. The van der Waals surface area contributed by atoms with Crippen molar-refractivity contribution < 1.29 is 9.47 Å². The van der Waals surface area contributed by atoms with Crippen LogP contribution in [-0.2, 0) is 18.4 Å². The Kier molecular flexibility index (Phi) is 3.85. The number of rotatable bonds is 4. The average molecular weight is 300 g/mol. The normalized spacial score (nSPS) is 17.2. The Morgan fingerprint density at radius 3 is 2.59 bits per heavy atom. The van der Waals surface area contributed by atoms with Gasteiger partial charge in [0.2, 0.25) is 0 Å². The second kappa shape index (κ2) is 5.67. The Morgan fingerprint density at radius 1 is 1.27 bits per heavy atom. The third-order valence-electron chi connectivity index (χ3n) is 3.98. The molecule has 0 bridgehead atoms. The molecule has 4 nitrogen and oxygen atoms in total. The smallest absolute Gasteiger partial charge is 0.297 e. The zero-order chi connectivity index (χ0) is 15.7. The van der Waals surface area contributed by atoms with Gasteiger partial charge in [-0.25, -0.2) is 4.98 Å². The topological polar surface area (TPSA) is 36.3 Å². The number of nitrogens with zero attached hydrogens (tertiary/aromatic N) is 2. The van der Waals surface area contributed by atoms with Crippen molar-refractivity contribution in [3.8, 4) is 11.8 Å². The van der Waals surface area contributed by atoms with E-state index in [4.69, 9.17) is 9.47 Å². The Hall–Kier alpha value is -1.97.